The Morgan fingerprint density at radius 2 is 2.05 bits per heavy atom. The van der Waals surface area contributed by atoms with Crippen LogP contribution in [0.5, 0.6) is 0 Å². The summed E-state index contributed by atoms with van der Waals surface area (Å²) in [5.74, 6) is 0.719. The van der Waals surface area contributed by atoms with Crippen molar-refractivity contribution in [3.8, 4) is 0 Å². The van der Waals surface area contributed by atoms with E-state index in [9.17, 15) is 13.5 Å². The van der Waals surface area contributed by atoms with Crippen LogP contribution in [0.2, 0.25) is 0 Å². The molecular weight excluding hydrogens is 284 g/mol. The second-order valence-electron chi connectivity index (χ2n) is 4.80. The Morgan fingerprint density at radius 3 is 2.47 bits per heavy atom. The van der Waals surface area contributed by atoms with Crippen molar-refractivity contribution >= 4 is 21.8 Å². The van der Waals surface area contributed by atoms with Gasteiger partial charge in [0.25, 0.3) is 0 Å². The molecule has 1 heterocycles. The molecule has 7 heteroatoms. The van der Waals surface area contributed by atoms with E-state index in [1.165, 1.54) is 6.07 Å². The van der Waals surface area contributed by atoms with E-state index < -0.39 is 10.0 Å². The molecule has 0 spiro atoms. The maximum atomic E-state index is 12.2. The van der Waals surface area contributed by atoms with Crippen molar-refractivity contribution in [1.29, 1.82) is 0 Å². The van der Waals surface area contributed by atoms with Crippen molar-refractivity contribution in [2.75, 3.05) is 12.0 Å². The normalized spacial score (nSPS) is 14.0. The average Bonchev–Trinajstić information content (AvgIpc) is 2.73. The first-order valence-corrected chi connectivity index (χ1v) is 9.02. The number of thioether (sulfide) groups is 1. The van der Waals surface area contributed by atoms with Gasteiger partial charge >= 0.3 is 0 Å². The molecule has 0 saturated carbocycles. The summed E-state index contributed by atoms with van der Waals surface area (Å²) >= 11 is 1.59. The highest BCUT2D eigenvalue weighted by Crippen LogP contribution is 2.19. The summed E-state index contributed by atoms with van der Waals surface area (Å²) in [5.41, 5.74) is 0.605. The number of nitrogens with one attached hydrogen (secondary N) is 1. The maximum absolute atomic E-state index is 12.2. The molecule has 0 aromatic carbocycles. The fourth-order valence-electron chi connectivity index (χ4n) is 1.87. The lowest BCUT2D eigenvalue weighted by molar-refractivity contribution is 0.268. The van der Waals surface area contributed by atoms with E-state index in [4.69, 9.17) is 0 Å². The predicted octanol–water partition coefficient (Wildman–Crippen LogP) is 1.59. The molecule has 0 saturated heterocycles. The monoisotopic (exact) mass is 306 g/mol. The smallest absolute Gasteiger partial charge is 0.242 e. The van der Waals surface area contributed by atoms with E-state index in [0.717, 1.165) is 5.75 Å². The first kappa shape index (κ1) is 16.6. The minimum absolute atomic E-state index is 0.106. The first-order chi connectivity index (χ1) is 8.81. The maximum Gasteiger partial charge on any atom is 0.242 e. The van der Waals surface area contributed by atoms with Crippen molar-refractivity contribution in [2.24, 2.45) is 0 Å². The number of aromatic nitrogens is 1. The fraction of sp³-hybridized carbons (Fsp3) is 0.667. The molecule has 19 heavy (non-hydrogen) atoms. The molecule has 0 aliphatic carbocycles. The number of rotatable bonds is 7. The Labute approximate surface area is 119 Å². The Morgan fingerprint density at radius 1 is 1.42 bits per heavy atom. The van der Waals surface area contributed by atoms with Gasteiger partial charge in [-0.2, -0.15) is 11.8 Å². The standard InChI is InChI=1S/C12H22N2O3S2/c1-9(2)14-6-12(5-11(14)7-15)19(16,17)13-10(3)8-18-4/h5-6,9-10,13,15H,7-8H2,1-4H3. The van der Waals surface area contributed by atoms with Crippen LogP contribution in [0, 0.1) is 0 Å². The highest BCUT2D eigenvalue weighted by molar-refractivity contribution is 7.98. The summed E-state index contributed by atoms with van der Waals surface area (Å²) in [7, 11) is -3.52. The van der Waals surface area contributed by atoms with E-state index in [1.807, 2.05) is 27.0 Å². The van der Waals surface area contributed by atoms with Crippen LogP contribution >= 0.6 is 11.8 Å². The number of aliphatic hydroxyl groups is 1. The summed E-state index contributed by atoms with van der Waals surface area (Å²) in [5, 5.41) is 9.27. The number of aliphatic hydroxyl groups excluding tert-OH is 1. The van der Waals surface area contributed by atoms with Crippen molar-refractivity contribution in [3.63, 3.8) is 0 Å². The van der Waals surface area contributed by atoms with Gasteiger partial charge in [-0.25, -0.2) is 13.1 Å². The first-order valence-electron chi connectivity index (χ1n) is 6.14. The van der Waals surface area contributed by atoms with Crippen LogP contribution in [0.15, 0.2) is 17.2 Å². The SMILES string of the molecule is CSCC(C)NS(=O)(=O)c1cc(CO)n(C(C)C)c1. The number of hydrogen-bond acceptors (Lipinski definition) is 4. The Bertz CT molecular complexity index is 509. The lowest BCUT2D eigenvalue weighted by atomic mass is 10.3. The molecule has 1 rings (SSSR count). The Hall–Kier alpha value is -0.500. The zero-order chi connectivity index (χ0) is 14.6. The van der Waals surface area contributed by atoms with Crippen LogP contribution < -0.4 is 4.72 Å². The molecule has 0 aliphatic rings. The van der Waals surface area contributed by atoms with Gasteiger partial charge in [0, 0.05) is 29.7 Å². The van der Waals surface area contributed by atoms with E-state index in [-0.39, 0.29) is 23.6 Å². The van der Waals surface area contributed by atoms with Gasteiger partial charge in [-0.15, -0.1) is 0 Å². The van der Waals surface area contributed by atoms with Crippen LogP contribution in [0.4, 0.5) is 0 Å². The molecule has 1 aromatic heterocycles. The van der Waals surface area contributed by atoms with Crippen molar-refractivity contribution in [3.05, 3.63) is 18.0 Å². The van der Waals surface area contributed by atoms with E-state index in [1.54, 1.807) is 22.5 Å². The van der Waals surface area contributed by atoms with E-state index in [0.29, 0.717) is 5.69 Å². The van der Waals surface area contributed by atoms with Crippen molar-refractivity contribution in [2.45, 2.75) is 44.4 Å². The third-order valence-corrected chi connectivity index (χ3v) is 5.10. The molecule has 0 bridgehead atoms. The molecule has 110 valence electrons. The summed E-state index contributed by atoms with van der Waals surface area (Å²) in [4.78, 5) is 0.207. The average molecular weight is 306 g/mol. The molecule has 5 nitrogen and oxygen atoms in total. The van der Waals surface area contributed by atoms with E-state index >= 15 is 0 Å². The van der Waals surface area contributed by atoms with Gasteiger partial charge in [0.05, 0.1) is 11.5 Å². The minimum atomic E-state index is -3.52. The van der Waals surface area contributed by atoms with Gasteiger partial charge in [-0.05, 0) is 33.1 Å². The molecule has 0 amide bonds. The van der Waals surface area contributed by atoms with Crippen molar-refractivity contribution in [1.82, 2.24) is 9.29 Å². The van der Waals surface area contributed by atoms with Gasteiger partial charge in [0.2, 0.25) is 10.0 Å². The quantitative estimate of drug-likeness (QED) is 0.802. The highest BCUT2D eigenvalue weighted by atomic mass is 32.2. The zero-order valence-electron chi connectivity index (χ0n) is 11.8. The van der Waals surface area contributed by atoms with Gasteiger partial charge in [-0.1, -0.05) is 0 Å². The lowest BCUT2D eigenvalue weighted by Gasteiger charge is -2.12. The molecular formula is C12H22N2O3S2. The minimum Gasteiger partial charge on any atom is -0.390 e. The third kappa shape index (κ3) is 4.24. The zero-order valence-corrected chi connectivity index (χ0v) is 13.4. The van der Waals surface area contributed by atoms with Crippen LogP contribution in [-0.2, 0) is 16.6 Å². The third-order valence-electron chi connectivity index (χ3n) is 2.71. The highest BCUT2D eigenvalue weighted by Gasteiger charge is 2.21. The second-order valence-corrected chi connectivity index (χ2v) is 7.43. The predicted molar refractivity (Wildman–Crippen MR) is 78.9 cm³/mol. The molecule has 2 N–H and O–H groups in total. The Kier molecular flexibility index (Phi) is 5.91. The number of sulfonamides is 1. The molecule has 1 unspecified atom stereocenters. The summed E-state index contributed by atoms with van der Waals surface area (Å²) in [6, 6.07) is 1.50. The van der Waals surface area contributed by atoms with Gasteiger partial charge in [0.1, 0.15) is 0 Å². The molecule has 0 radical (unpaired) electrons. The number of nitrogens with zero attached hydrogens (tertiary/aromatic N) is 1. The Balaban J connectivity index is 3.02. The van der Waals surface area contributed by atoms with Gasteiger partial charge in [-0.3, -0.25) is 0 Å². The molecule has 1 atom stereocenters. The van der Waals surface area contributed by atoms with Crippen molar-refractivity contribution < 1.29 is 13.5 Å². The number of hydrogen-bond donors (Lipinski definition) is 2. The largest absolute Gasteiger partial charge is 0.390 e. The van der Waals surface area contributed by atoms with E-state index in [2.05, 4.69) is 4.72 Å². The van der Waals surface area contributed by atoms with Crippen LogP contribution in [-0.4, -0.2) is 36.1 Å². The van der Waals surface area contributed by atoms with Gasteiger partial charge < -0.3 is 9.67 Å². The molecule has 0 aliphatic heterocycles. The summed E-state index contributed by atoms with van der Waals surface area (Å²) < 4.78 is 28.8. The molecule has 1 aromatic rings. The van der Waals surface area contributed by atoms with Crippen LogP contribution in [0.3, 0.4) is 0 Å². The van der Waals surface area contributed by atoms with Crippen LogP contribution in [0.1, 0.15) is 32.5 Å². The fourth-order valence-corrected chi connectivity index (χ4v) is 3.85. The topological polar surface area (TPSA) is 71.3 Å². The lowest BCUT2D eigenvalue weighted by Crippen LogP contribution is -2.34. The molecule has 0 fully saturated rings. The van der Waals surface area contributed by atoms with Gasteiger partial charge in [0.15, 0.2) is 0 Å². The second kappa shape index (κ2) is 6.78. The summed E-state index contributed by atoms with van der Waals surface area (Å²) in [6.07, 6.45) is 3.51. The van der Waals surface area contributed by atoms with Crippen LogP contribution in [0.25, 0.3) is 0 Å². The summed E-state index contributed by atoms with van der Waals surface area (Å²) in [6.45, 7) is 5.55.